The summed E-state index contributed by atoms with van der Waals surface area (Å²) in [5, 5.41) is 27.5. The lowest BCUT2D eigenvalue weighted by Gasteiger charge is -2.13. The second kappa shape index (κ2) is 22.5. The molecule has 0 fully saturated rings. The molecule has 0 aromatic rings. The average molecular weight is 419 g/mol. The summed E-state index contributed by atoms with van der Waals surface area (Å²) in [4.78, 5) is 0. The second-order valence-electron chi connectivity index (χ2n) is 8.88. The van der Waals surface area contributed by atoms with E-state index in [9.17, 15) is 5.11 Å². The molecule has 0 aromatic heterocycles. The zero-order valence-electron chi connectivity index (χ0n) is 19.3. The number of ether oxygens (including phenoxy) is 2. The van der Waals surface area contributed by atoms with Crippen LogP contribution in [0.3, 0.4) is 0 Å². The maximum Gasteiger partial charge on any atom is 0.101 e. The van der Waals surface area contributed by atoms with Crippen LogP contribution in [0.5, 0.6) is 0 Å². The van der Waals surface area contributed by atoms with Gasteiger partial charge in [0.15, 0.2) is 0 Å². The minimum Gasteiger partial charge on any atom is -0.394 e. The predicted octanol–water partition coefficient (Wildman–Crippen LogP) is 4.85. The van der Waals surface area contributed by atoms with Gasteiger partial charge in [-0.15, -0.1) is 0 Å². The summed E-state index contributed by atoms with van der Waals surface area (Å²) in [6, 6.07) is 0. The van der Waals surface area contributed by atoms with Gasteiger partial charge in [0.05, 0.1) is 26.4 Å². The van der Waals surface area contributed by atoms with E-state index in [1.807, 2.05) is 0 Å². The van der Waals surface area contributed by atoms with E-state index in [-0.39, 0.29) is 26.4 Å². The quantitative estimate of drug-likeness (QED) is 0.207. The third kappa shape index (κ3) is 23.9. The molecule has 0 aromatic carbocycles. The smallest absolute Gasteiger partial charge is 0.101 e. The first-order valence-electron chi connectivity index (χ1n) is 12.2. The first-order chi connectivity index (χ1) is 14.1. The molecule has 0 amide bonds. The molecular formula is C24H50O5. The average Bonchev–Trinajstić information content (AvgIpc) is 2.69. The number of hydrogen-bond donors (Lipinski definition) is 3. The summed E-state index contributed by atoms with van der Waals surface area (Å²) in [6.07, 6.45) is 17.3. The molecule has 3 N–H and O–H groups in total. The topological polar surface area (TPSA) is 79.2 Å². The maximum absolute atomic E-state index is 9.68. The molecule has 0 rings (SSSR count). The molecule has 0 bridgehead atoms. The van der Waals surface area contributed by atoms with E-state index in [0.29, 0.717) is 6.61 Å². The van der Waals surface area contributed by atoms with Crippen LogP contribution in [0, 0.1) is 5.92 Å². The van der Waals surface area contributed by atoms with Gasteiger partial charge in [-0.2, -0.15) is 0 Å². The van der Waals surface area contributed by atoms with E-state index >= 15 is 0 Å². The molecule has 0 heterocycles. The summed E-state index contributed by atoms with van der Waals surface area (Å²) in [6.45, 7) is 5.38. The second-order valence-corrected chi connectivity index (χ2v) is 8.88. The highest BCUT2D eigenvalue weighted by Crippen LogP contribution is 2.14. The molecule has 2 unspecified atom stereocenters. The number of unbranched alkanes of at least 4 members (excludes halogenated alkanes) is 12. The number of hydrogen-bond acceptors (Lipinski definition) is 5. The van der Waals surface area contributed by atoms with Gasteiger partial charge < -0.3 is 24.8 Å². The van der Waals surface area contributed by atoms with Crippen molar-refractivity contribution in [2.75, 3.05) is 33.0 Å². The Kier molecular flexibility index (Phi) is 22.3. The van der Waals surface area contributed by atoms with Crippen molar-refractivity contribution >= 4 is 0 Å². The van der Waals surface area contributed by atoms with Crippen LogP contribution in [0.4, 0.5) is 0 Å². The van der Waals surface area contributed by atoms with Gasteiger partial charge in [-0.05, 0) is 12.3 Å². The number of rotatable bonds is 23. The van der Waals surface area contributed by atoms with Crippen LogP contribution in [-0.2, 0) is 9.47 Å². The lowest BCUT2D eigenvalue weighted by molar-refractivity contribution is -0.0481. The van der Waals surface area contributed by atoms with Crippen molar-refractivity contribution in [2.24, 2.45) is 5.92 Å². The van der Waals surface area contributed by atoms with Gasteiger partial charge >= 0.3 is 0 Å². The Balaban J connectivity index is 3.13. The highest BCUT2D eigenvalue weighted by Gasteiger charge is 2.07. The predicted molar refractivity (Wildman–Crippen MR) is 120 cm³/mol. The van der Waals surface area contributed by atoms with E-state index in [2.05, 4.69) is 13.8 Å². The van der Waals surface area contributed by atoms with Gasteiger partial charge in [-0.25, -0.2) is 0 Å². The minimum absolute atomic E-state index is 0.0337. The molecule has 0 spiro atoms. The van der Waals surface area contributed by atoms with E-state index in [1.54, 1.807) is 0 Å². The lowest BCUT2D eigenvalue weighted by Crippen LogP contribution is -2.26. The molecule has 5 heteroatoms. The Hall–Kier alpha value is -0.200. The van der Waals surface area contributed by atoms with Crippen LogP contribution in [0.2, 0.25) is 0 Å². The highest BCUT2D eigenvalue weighted by atomic mass is 16.5. The Morgan fingerprint density at radius 2 is 0.966 bits per heavy atom. The molecular weight excluding hydrogens is 368 g/mol. The van der Waals surface area contributed by atoms with E-state index in [4.69, 9.17) is 19.7 Å². The van der Waals surface area contributed by atoms with Crippen LogP contribution in [0.25, 0.3) is 0 Å². The van der Waals surface area contributed by atoms with E-state index < -0.39 is 12.2 Å². The maximum atomic E-state index is 9.68. The molecule has 0 saturated heterocycles. The lowest BCUT2D eigenvalue weighted by atomic mass is 10.0. The van der Waals surface area contributed by atoms with Crippen LogP contribution in [-0.4, -0.2) is 60.6 Å². The third-order valence-electron chi connectivity index (χ3n) is 5.21. The van der Waals surface area contributed by atoms with Crippen molar-refractivity contribution in [1.29, 1.82) is 0 Å². The Bertz CT molecular complexity index is 312. The standard InChI is InChI=1S/C24H50O5/c1-22(2)16-14-12-10-8-6-4-3-5-7-9-11-13-15-17-28-20-24(27)21-29-19-23(26)18-25/h22-27H,3-21H2,1-2H3. The van der Waals surface area contributed by atoms with E-state index in [0.717, 1.165) is 12.3 Å². The fourth-order valence-electron chi connectivity index (χ4n) is 3.36. The highest BCUT2D eigenvalue weighted by molar-refractivity contribution is 4.55. The summed E-state index contributed by atoms with van der Waals surface area (Å²) in [7, 11) is 0. The van der Waals surface area contributed by atoms with Crippen LogP contribution >= 0.6 is 0 Å². The molecule has 0 aliphatic heterocycles. The zero-order valence-corrected chi connectivity index (χ0v) is 19.3. The summed E-state index contributed by atoms with van der Waals surface area (Å²) < 4.78 is 10.6. The summed E-state index contributed by atoms with van der Waals surface area (Å²) >= 11 is 0. The van der Waals surface area contributed by atoms with Crippen molar-refractivity contribution in [3.05, 3.63) is 0 Å². The van der Waals surface area contributed by atoms with Crippen molar-refractivity contribution in [2.45, 2.75) is 116 Å². The summed E-state index contributed by atoms with van der Waals surface area (Å²) in [5.74, 6) is 0.861. The molecule has 0 radical (unpaired) electrons. The van der Waals surface area contributed by atoms with Gasteiger partial charge in [0.25, 0.3) is 0 Å². The summed E-state index contributed by atoms with van der Waals surface area (Å²) in [5.41, 5.74) is 0. The Labute approximate surface area is 180 Å². The fourth-order valence-corrected chi connectivity index (χ4v) is 3.36. The van der Waals surface area contributed by atoms with Gasteiger partial charge in [0, 0.05) is 6.61 Å². The van der Waals surface area contributed by atoms with Gasteiger partial charge in [-0.1, -0.05) is 97.3 Å². The van der Waals surface area contributed by atoms with Gasteiger partial charge in [-0.3, -0.25) is 0 Å². The third-order valence-corrected chi connectivity index (χ3v) is 5.21. The van der Waals surface area contributed by atoms with Crippen molar-refractivity contribution in [1.82, 2.24) is 0 Å². The number of aliphatic hydroxyl groups is 3. The van der Waals surface area contributed by atoms with Gasteiger partial charge in [0.1, 0.15) is 12.2 Å². The normalized spacial score (nSPS) is 13.9. The van der Waals surface area contributed by atoms with Crippen molar-refractivity contribution in [3.63, 3.8) is 0 Å². The Morgan fingerprint density at radius 3 is 1.45 bits per heavy atom. The number of aliphatic hydroxyl groups excluding tert-OH is 3. The molecule has 0 aliphatic rings. The zero-order chi connectivity index (χ0) is 21.6. The van der Waals surface area contributed by atoms with Crippen LogP contribution in [0.15, 0.2) is 0 Å². The van der Waals surface area contributed by atoms with Crippen molar-refractivity contribution < 1.29 is 24.8 Å². The molecule has 29 heavy (non-hydrogen) atoms. The van der Waals surface area contributed by atoms with E-state index in [1.165, 1.54) is 83.5 Å². The molecule has 0 saturated carbocycles. The molecule has 2 atom stereocenters. The molecule has 5 nitrogen and oxygen atoms in total. The first-order valence-corrected chi connectivity index (χ1v) is 12.2. The SMILES string of the molecule is CC(C)CCCCCCCCCCCCCCCOCC(O)COCC(O)CO. The fraction of sp³-hybridized carbons (Fsp3) is 1.00. The van der Waals surface area contributed by atoms with Gasteiger partial charge in [0.2, 0.25) is 0 Å². The van der Waals surface area contributed by atoms with Crippen LogP contribution in [0.1, 0.15) is 104 Å². The Morgan fingerprint density at radius 1 is 0.552 bits per heavy atom. The largest absolute Gasteiger partial charge is 0.394 e. The molecule has 0 aliphatic carbocycles. The minimum atomic E-state index is -0.882. The van der Waals surface area contributed by atoms with Crippen molar-refractivity contribution in [3.8, 4) is 0 Å². The molecule has 176 valence electrons. The monoisotopic (exact) mass is 418 g/mol. The van der Waals surface area contributed by atoms with Crippen LogP contribution < -0.4 is 0 Å². The first kappa shape index (κ1) is 28.8.